The van der Waals surface area contributed by atoms with E-state index in [0.717, 1.165) is 0 Å². The molecular weight excluding hydrogens is 241 g/mol. The van der Waals surface area contributed by atoms with Gasteiger partial charge in [0, 0.05) is 5.46 Å². The molecule has 0 aromatic heterocycles. The maximum atomic E-state index is 13.9. The predicted octanol–water partition coefficient (Wildman–Crippen LogP) is 2.78. The van der Waals surface area contributed by atoms with Gasteiger partial charge >= 0.3 is 7.12 Å². The predicted molar refractivity (Wildman–Crippen MR) is 67.1 cm³/mol. The Kier molecular flexibility index (Phi) is 3.01. The Morgan fingerprint density at radius 2 is 1.65 bits per heavy atom. The second-order valence-electron chi connectivity index (χ2n) is 5.23. The Labute approximate surface area is 106 Å². The highest BCUT2D eigenvalue weighted by Gasteiger charge is 2.52. The molecule has 0 amide bonds. The fraction of sp³-hybridized carbons (Fsp3) is 0.500. The zero-order valence-electron chi connectivity index (χ0n) is 10.4. The van der Waals surface area contributed by atoms with E-state index < -0.39 is 24.1 Å². The minimum absolute atomic E-state index is 0.0808. The van der Waals surface area contributed by atoms with Crippen molar-refractivity contribution in [3.63, 3.8) is 0 Å². The van der Waals surface area contributed by atoms with Crippen LogP contribution in [0.2, 0.25) is 5.02 Å². The van der Waals surface area contributed by atoms with Crippen LogP contribution >= 0.6 is 11.6 Å². The summed E-state index contributed by atoms with van der Waals surface area (Å²) in [4.78, 5) is 0. The summed E-state index contributed by atoms with van der Waals surface area (Å²) >= 11 is 5.75. The Hall–Kier alpha value is -0.575. The first-order valence-corrected chi connectivity index (χ1v) is 5.92. The Bertz CT molecular complexity index is 432. The van der Waals surface area contributed by atoms with Crippen molar-refractivity contribution in [1.29, 1.82) is 0 Å². The Morgan fingerprint density at radius 3 is 2.18 bits per heavy atom. The minimum atomic E-state index is -0.710. The molecule has 92 valence electrons. The van der Waals surface area contributed by atoms with E-state index in [4.69, 9.17) is 20.9 Å². The second-order valence-corrected chi connectivity index (χ2v) is 5.64. The number of rotatable bonds is 1. The summed E-state index contributed by atoms with van der Waals surface area (Å²) in [5, 5.41) is 0.0808. The van der Waals surface area contributed by atoms with Crippen molar-refractivity contribution in [3.8, 4) is 0 Å². The molecule has 1 aromatic rings. The van der Waals surface area contributed by atoms with Gasteiger partial charge in [-0.3, -0.25) is 0 Å². The van der Waals surface area contributed by atoms with Gasteiger partial charge in [0.15, 0.2) is 0 Å². The van der Waals surface area contributed by atoms with E-state index in [-0.39, 0.29) is 5.02 Å². The van der Waals surface area contributed by atoms with Gasteiger partial charge in [-0.15, -0.1) is 0 Å². The second kappa shape index (κ2) is 3.97. The fourth-order valence-corrected chi connectivity index (χ4v) is 1.85. The molecule has 0 radical (unpaired) electrons. The summed E-state index contributed by atoms with van der Waals surface area (Å²) in [6, 6.07) is 4.82. The van der Waals surface area contributed by atoms with Gasteiger partial charge < -0.3 is 9.31 Å². The minimum Gasteiger partial charge on any atom is -0.399 e. The third-order valence-corrected chi connectivity index (χ3v) is 3.78. The number of hydrogen-bond acceptors (Lipinski definition) is 2. The van der Waals surface area contributed by atoms with Gasteiger partial charge in [0.1, 0.15) is 5.82 Å². The van der Waals surface area contributed by atoms with Crippen LogP contribution in [0.3, 0.4) is 0 Å². The van der Waals surface area contributed by atoms with E-state index >= 15 is 0 Å². The molecular formula is C12H15BClFO2. The van der Waals surface area contributed by atoms with Gasteiger partial charge in [0.2, 0.25) is 0 Å². The summed E-state index contributed by atoms with van der Waals surface area (Å²) in [5.74, 6) is -0.479. The maximum Gasteiger partial charge on any atom is 0.497 e. The van der Waals surface area contributed by atoms with E-state index in [1.54, 1.807) is 12.1 Å². The molecule has 0 spiro atoms. The van der Waals surface area contributed by atoms with E-state index in [1.165, 1.54) is 6.07 Å². The van der Waals surface area contributed by atoms with Crippen molar-refractivity contribution in [2.75, 3.05) is 0 Å². The van der Waals surface area contributed by atoms with Crippen LogP contribution < -0.4 is 5.46 Å². The van der Waals surface area contributed by atoms with Crippen LogP contribution in [-0.2, 0) is 9.31 Å². The molecule has 0 saturated carbocycles. The molecule has 2 nitrogen and oxygen atoms in total. The van der Waals surface area contributed by atoms with Crippen molar-refractivity contribution < 1.29 is 13.7 Å². The zero-order valence-corrected chi connectivity index (χ0v) is 11.1. The molecule has 1 saturated heterocycles. The smallest absolute Gasteiger partial charge is 0.399 e. The SMILES string of the molecule is CC1(C)OB(c2cccc(Cl)c2F)OC1(C)C. The summed E-state index contributed by atoms with van der Waals surface area (Å²) < 4.78 is 25.4. The van der Waals surface area contributed by atoms with E-state index in [1.807, 2.05) is 27.7 Å². The maximum absolute atomic E-state index is 13.9. The molecule has 1 fully saturated rings. The highest BCUT2D eigenvalue weighted by molar-refractivity contribution is 6.62. The van der Waals surface area contributed by atoms with Crippen LogP contribution in [-0.4, -0.2) is 18.3 Å². The van der Waals surface area contributed by atoms with Gasteiger partial charge in [-0.05, 0) is 33.8 Å². The molecule has 1 heterocycles. The Balaban J connectivity index is 2.36. The van der Waals surface area contributed by atoms with Gasteiger partial charge in [-0.25, -0.2) is 4.39 Å². The van der Waals surface area contributed by atoms with Crippen LogP contribution in [0.1, 0.15) is 27.7 Å². The average Bonchev–Trinajstić information content (AvgIpc) is 2.40. The molecule has 0 aliphatic carbocycles. The quantitative estimate of drug-likeness (QED) is 0.719. The van der Waals surface area contributed by atoms with Gasteiger partial charge in [0.25, 0.3) is 0 Å². The lowest BCUT2D eigenvalue weighted by atomic mass is 9.79. The van der Waals surface area contributed by atoms with E-state index in [0.29, 0.717) is 5.46 Å². The molecule has 0 N–H and O–H groups in total. The molecule has 5 heteroatoms. The third-order valence-electron chi connectivity index (χ3n) is 3.49. The Morgan fingerprint density at radius 1 is 1.12 bits per heavy atom. The first-order chi connectivity index (χ1) is 7.74. The van der Waals surface area contributed by atoms with E-state index in [2.05, 4.69) is 0 Å². The topological polar surface area (TPSA) is 18.5 Å². The van der Waals surface area contributed by atoms with Crippen LogP contribution in [0.4, 0.5) is 4.39 Å². The lowest BCUT2D eigenvalue weighted by Crippen LogP contribution is -2.41. The number of halogens is 2. The summed E-state index contributed by atoms with van der Waals surface area (Å²) in [5.41, 5.74) is -0.616. The molecule has 0 atom stereocenters. The first kappa shape index (κ1) is 12.9. The standard InChI is InChI=1S/C12H15BClFO2/c1-11(2)12(3,4)17-13(16-11)8-6-5-7-9(14)10(8)15/h5-7H,1-4H3. The van der Waals surface area contributed by atoms with Crippen molar-refractivity contribution in [3.05, 3.63) is 29.0 Å². The van der Waals surface area contributed by atoms with Gasteiger partial charge in [-0.1, -0.05) is 23.7 Å². The first-order valence-electron chi connectivity index (χ1n) is 5.54. The normalized spacial score (nSPS) is 21.9. The third kappa shape index (κ3) is 2.10. The lowest BCUT2D eigenvalue weighted by molar-refractivity contribution is 0.00578. The van der Waals surface area contributed by atoms with Crippen molar-refractivity contribution >= 4 is 24.2 Å². The molecule has 1 aliphatic heterocycles. The summed E-state index contributed by atoms with van der Waals surface area (Å²) in [6.45, 7) is 7.70. The van der Waals surface area contributed by atoms with Crippen molar-refractivity contribution in [1.82, 2.24) is 0 Å². The molecule has 1 aliphatic rings. The molecule has 17 heavy (non-hydrogen) atoms. The summed E-state index contributed by atoms with van der Waals surface area (Å²) in [6.07, 6.45) is 0. The van der Waals surface area contributed by atoms with Crippen LogP contribution in [0.15, 0.2) is 18.2 Å². The van der Waals surface area contributed by atoms with Gasteiger partial charge in [0.05, 0.1) is 16.2 Å². The summed E-state index contributed by atoms with van der Waals surface area (Å²) in [7, 11) is -0.710. The van der Waals surface area contributed by atoms with Crippen LogP contribution in [0.5, 0.6) is 0 Å². The van der Waals surface area contributed by atoms with Gasteiger partial charge in [-0.2, -0.15) is 0 Å². The monoisotopic (exact) mass is 256 g/mol. The number of hydrogen-bond donors (Lipinski definition) is 0. The zero-order chi connectivity index (χ0) is 12.8. The fourth-order valence-electron chi connectivity index (χ4n) is 1.67. The van der Waals surface area contributed by atoms with Crippen molar-refractivity contribution in [2.24, 2.45) is 0 Å². The lowest BCUT2D eigenvalue weighted by Gasteiger charge is -2.32. The van der Waals surface area contributed by atoms with Crippen LogP contribution in [0.25, 0.3) is 0 Å². The highest BCUT2D eigenvalue weighted by Crippen LogP contribution is 2.36. The largest absolute Gasteiger partial charge is 0.497 e. The average molecular weight is 257 g/mol. The highest BCUT2D eigenvalue weighted by atomic mass is 35.5. The van der Waals surface area contributed by atoms with Crippen molar-refractivity contribution in [2.45, 2.75) is 38.9 Å². The van der Waals surface area contributed by atoms with E-state index in [9.17, 15) is 4.39 Å². The molecule has 0 bridgehead atoms. The van der Waals surface area contributed by atoms with Crippen LogP contribution in [0, 0.1) is 5.82 Å². The molecule has 1 aromatic carbocycles. The molecule has 2 rings (SSSR count). The number of benzene rings is 1. The molecule has 0 unspecified atom stereocenters.